The number of nitrogens with zero attached hydrogens (tertiary/aromatic N) is 3. The fraction of sp³-hybridized carbons (Fsp3) is 0.308. The second kappa shape index (κ2) is 10.1. The van der Waals surface area contributed by atoms with E-state index < -0.39 is 10.0 Å². The predicted octanol–water partition coefficient (Wildman–Crippen LogP) is 6.17. The van der Waals surface area contributed by atoms with Crippen molar-refractivity contribution in [1.82, 2.24) is 9.29 Å². The SMILES string of the molecule is CC1CC(C)CN(S(=O)(=O)c2ccc(C(=O)N(Cc3ccco3)c3nc4ccc(Br)cc4s3)cc2)C1. The van der Waals surface area contributed by atoms with Crippen molar-refractivity contribution in [2.75, 3.05) is 18.0 Å². The number of anilines is 1. The molecule has 2 aromatic heterocycles. The maximum absolute atomic E-state index is 13.6. The van der Waals surface area contributed by atoms with Gasteiger partial charge in [0.1, 0.15) is 5.76 Å². The summed E-state index contributed by atoms with van der Waals surface area (Å²) in [6, 6.07) is 15.5. The molecule has 1 aliphatic rings. The van der Waals surface area contributed by atoms with Gasteiger partial charge in [0, 0.05) is 23.1 Å². The van der Waals surface area contributed by atoms with Crippen LogP contribution in [0.5, 0.6) is 0 Å². The molecule has 0 saturated carbocycles. The van der Waals surface area contributed by atoms with E-state index >= 15 is 0 Å². The summed E-state index contributed by atoms with van der Waals surface area (Å²) in [6.45, 7) is 5.38. The summed E-state index contributed by atoms with van der Waals surface area (Å²) in [5, 5.41) is 0.539. The second-order valence-corrected chi connectivity index (χ2v) is 13.2. The number of sulfonamides is 1. The third kappa shape index (κ3) is 5.13. The minimum atomic E-state index is -3.63. The van der Waals surface area contributed by atoms with E-state index in [0.29, 0.717) is 41.4 Å². The summed E-state index contributed by atoms with van der Waals surface area (Å²) in [5.41, 5.74) is 1.17. The predicted molar refractivity (Wildman–Crippen MR) is 145 cm³/mol. The summed E-state index contributed by atoms with van der Waals surface area (Å²) < 4.78 is 35.5. The molecule has 188 valence electrons. The average Bonchev–Trinajstić information content (AvgIpc) is 3.51. The number of carbonyl (C=O) groups is 1. The Kier molecular flexibility index (Phi) is 7.04. The number of piperidine rings is 1. The number of thiazole rings is 1. The highest BCUT2D eigenvalue weighted by Gasteiger charge is 2.32. The highest BCUT2D eigenvalue weighted by Crippen LogP contribution is 2.33. The van der Waals surface area contributed by atoms with Crippen LogP contribution in [0.4, 0.5) is 5.13 Å². The molecule has 0 spiro atoms. The lowest BCUT2D eigenvalue weighted by Gasteiger charge is -2.34. The molecule has 0 bridgehead atoms. The molecule has 4 aromatic rings. The molecule has 36 heavy (non-hydrogen) atoms. The number of rotatable bonds is 6. The van der Waals surface area contributed by atoms with Crippen molar-refractivity contribution in [2.24, 2.45) is 11.8 Å². The van der Waals surface area contributed by atoms with E-state index in [1.807, 2.05) is 18.2 Å². The van der Waals surface area contributed by atoms with Gasteiger partial charge in [-0.05, 0) is 72.9 Å². The molecular formula is C26H26BrN3O4S2. The summed E-state index contributed by atoms with van der Waals surface area (Å²) in [6.07, 6.45) is 2.59. The fourth-order valence-electron chi connectivity index (χ4n) is 4.66. The van der Waals surface area contributed by atoms with Crippen LogP contribution in [0.15, 0.2) is 74.6 Å². The minimum Gasteiger partial charge on any atom is -0.467 e. The smallest absolute Gasteiger partial charge is 0.260 e. The molecule has 0 radical (unpaired) electrons. The van der Waals surface area contributed by atoms with Gasteiger partial charge < -0.3 is 4.42 Å². The molecule has 2 unspecified atom stereocenters. The largest absolute Gasteiger partial charge is 0.467 e. The van der Waals surface area contributed by atoms with Crippen molar-refractivity contribution in [3.05, 3.63) is 76.7 Å². The van der Waals surface area contributed by atoms with Gasteiger partial charge in [-0.3, -0.25) is 9.69 Å². The first kappa shape index (κ1) is 25.1. The average molecular weight is 589 g/mol. The zero-order chi connectivity index (χ0) is 25.4. The van der Waals surface area contributed by atoms with Gasteiger partial charge in [-0.1, -0.05) is 41.1 Å². The van der Waals surface area contributed by atoms with Crippen LogP contribution in [0.1, 0.15) is 36.4 Å². The number of hydrogen-bond donors (Lipinski definition) is 0. The Balaban J connectivity index is 1.44. The van der Waals surface area contributed by atoms with Crippen molar-refractivity contribution in [3.63, 3.8) is 0 Å². The van der Waals surface area contributed by atoms with E-state index in [9.17, 15) is 13.2 Å². The summed E-state index contributed by atoms with van der Waals surface area (Å²) in [5.74, 6) is 0.966. The lowest BCUT2D eigenvalue weighted by atomic mass is 9.94. The third-order valence-corrected chi connectivity index (χ3v) is 9.66. The zero-order valence-electron chi connectivity index (χ0n) is 19.9. The number of halogens is 1. The molecule has 0 N–H and O–H groups in total. The molecule has 1 amide bonds. The molecule has 2 atom stereocenters. The van der Waals surface area contributed by atoms with Crippen molar-refractivity contribution in [3.8, 4) is 0 Å². The van der Waals surface area contributed by atoms with E-state index in [1.54, 1.807) is 39.7 Å². The highest BCUT2D eigenvalue weighted by molar-refractivity contribution is 9.10. The zero-order valence-corrected chi connectivity index (χ0v) is 23.1. The summed E-state index contributed by atoms with van der Waals surface area (Å²) in [7, 11) is -3.63. The Labute approximate surface area is 222 Å². The maximum Gasteiger partial charge on any atom is 0.260 e. The first-order chi connectivity index (χ1) is 17.2. The van der Waals surface area contributed by atoms with Crippen LogP contribution in [0.25, 0.3) is 10.2 Å². The van der Waals surface area contributed by atoms with Gasteiger partial charge in [0.25, 0.3) is 5.91 Å². The minimum absolute atomic E-state index is 0.197. The number of carbonyl (C=O) groups excluding carboxylic acids is 1. The van der Waals surface area contributed by atoms with Gasteiger partial charge in [0.2, 0.25) is 10.0 Å². The number of benzene rings is 2. The molecule has 0 aliphatic carbocycles. The van der Waals surface area contributed by atoms with Crippen molar-refractivity contribution in [2.45, 2.75) is 31.7 Å². The number of fused-ring (bicyclic) bond motifs is 1. The number of amides is 1. The number of aromatic nitrogens is 1. The molecule has 1 fully saturated rings. The molecule has 1 saturated heterocycles. The summed E-state index contributed by atoms with van der Waals surface area (Å²) >= 11 is 4.89. The molecule has 2 aromatic carbocycles. The first-order valence-electron chi connectivity index (χ1n) is 11.7. The van der Waals surface area contributed by atoms with E-state index in [-0.39, 0.29) is 17.3 Å². The van der Waals surface area contributed by atoms with Crippen LogP contribution in [0.2, 0.25) is 0 Å². The van der Waals surface area contributed by atoms with Crippen LogP contribution in [0, 0.1) is 11.8 Å². The second-order valence-electron chi connectivity index (χ2n) is 9.37. The van der Waals surface area contributed by atoms with E-state index in [0.717, 1.165) is 21.1 Å². The highest BCUT2D eigenvalue weighted by atomic mass is 79.9. The lowest BCUT2D eigenvalue weighted by Crippen LogP contribution is -2.42. The standard InChI is InChI=1S/C26H26BrN3O4S2/c1-17-12-18(2)15-29(14-17)36(32,33)22-8-5-19(6-9-22)25(31)30(16-21-4-3-11-34-21)26-28-23-10-7-20(27)13-24(23)35-26/h3-11,13,17-18H,12,14-16H2,1-2H3. The van der Waals surface area contributed by atoms with Crippen LogP contribution >= 0.6 is 27.3 Å². The summed E-state index contributed by atoms with van der Waals surface area (Å²) in [4.78, 5) is 20.1. The molecular weight excluding hydrogens is 562 g/mol. The van der Waals surface area contributed by atoms with Crippen LogP contribution in [-0.4, -0.2) is 36.7 Å². The van der Waals surface area contributed by atoms with Crippen LogP contribution < -0.4 is 4.90 Å². The van der Waals surface area contributed by atoms with Crippen LogP contribution in [0.3, 0.4) is 0 Å². The number of furan rings is 1. The Morgan fingerprint density at radius 3 is 2.53 bits per heavy atom. The molecule has 1 aliphatic heterocycles. The Morgan fingerprint density at radius 1 is 1.14 bits per heavy atom. The maximum atomic E-state index is 13.6. The molecule has 10 heteroatoms. The lowest BCUT2D eigenvalue weighted by molar-refractivity contribution is 0.0983. The Hall–Kier alpha value is -2.53. The van der Waals surface area contributed by atoms with Gasteiger partial charge in [-0.2, -0.15) is 4.31 Å². The quantitative estimate of drug-likeness (QED) is 0.269. The normalized spacial score (nSPS) is 19.0. The van der Waals surface area contributed by atoms with E-state index in [2.05, 4.69) is 34.8 Å². The van der Waals surface area contributed by atoms with Gasteiger partial charge in [-0.25, -0.2) is 13.4 Å². The van der Waals surface area contributed by atoms with Gasteiger partial charge >= 0.3 is 0 Å². The van der Waals surface area contributed by atoms with Gasteiger partial charge in [0.15, 0.2) is 5.13 Å². The van der Waals surface area contributed by atoms with Gasteiger partial charge in [-0.15, -0.1) is 0 Å². The van der Waals surface area contributed by atoms with Crippen LogP contribution in [-0.2, 0) is 16.6 Å². The van der Waals surface area contributed by atoms with Crippen molar-refractivity contribution < 1.29 is 17.6 Å². The molecule has 5 rings (SSSR count). The van der Waals surface area contributed by atoms with Crippen molar-refractivity contribution >= 4 is 58.5 Å². The third-order valence-electron chi connectivity index (χ3n) is 6.28. The fourth-order valence-corrected chi connectivity index (χ4v) is 7.86. The van der Waals surface area contributed by atoms with E-state index in [1.165, 1.54) is 23.5 Å². The first-order valence-corrected chi connectivity index (χ1v) is 14.8. The molecule has 7 nitrogen and oxygen atoms in total. The Bertz CT molecular complexity index is 1470. The van der Waals surface area contributed by atoms with E-state index in [4.69, 9.17) is 4.42 Å². The molecule has 3 heterocycles. The van der Waals surface area contributed by atoms with Crippen molar-refractivity contribution in [1.29, 1.82) is 0 Å². The van der Waals surface area contributed by atoms with Gasteiger partial charge in [0.05, 0.1) is 27.9 Å². The monoisotopic (exact) mass is 587 g/mol. The number of hydrogen-bond acceptors (Lipinski definition) is 6. The Morgan fingerprint density at radius 2 is 1.86 bits per heavy atom. The topological polar surface area (TPSA) is 83.7 Å².